The quantitative estimate of drug-likeness (QED) is 0.879. The number of nitrogens with zero attached hydrogens (tertiary/aromatic N) is 4. The van der Waals surface area contributed by atoms with E-state index in [2.05, 4.69) is 9.97 Å². The van der Waals surface area contributed by atoms with Gasteiger partial charge in [0.2, 0.25) is 5.95 Å². The Morgan fingerprint density at radius 1 is 1.21 bits per heavy atom. The summed E-state index contributed by atoms with van der Waals surface area (Å²) in [6.07, 6.45) is -0.936. The molecule has 1 atom stereocenters. The average Bonchev–Trinajstić information content (AvgIpc) is 3.08. The molecule has 0 aliphatic carbocycles. The number of aromatic nitrogens is 2. The van der Waals surface area contributed by atoms with E-state index in [-0.39, 0.29) is 24.8 Å². The summed E-state index contributed by atoms with van der Waals surface area (Å²) in [6.45, 7) is 1.53. The van der Waals surface area contributed by atoms with Gasteiger partial charge in [-0.2, -0.15) is 13.2 Å². The van der Waals surface area contributed by atoms with Crippen molar-refractivity contribution in [3.8, 4) is 0 Å². The van der Waals surface area contributed by atoms with Crippen molar-refractivity contribution in [1.29, 1.82) is 0 Å². The zero-order valence-corrected chi connectivity index (χ0v) is 13.1. The van der Waals surface area contributed by atoms with Crippen molar-refractivity contribution in [3.63, 3.8) is 0 Å². The van der Waals surface area contributed by atoms with Crippen LogP contribution < -0.4 is 4.90 Å². The summed E-state index contributed by atoms with van der Waals surface area (Å²) in [5.74, 6) is -0.464. The van der Waals surface area contributed by atoms with Gasteiger partial charge in [-0.1, -0.05) is 0 Å². The van der Waals surface area contributed by atoms with E-state index in [9.17, 15) is 23.1 Å². The predicted octanol–water partition coefficient (Wildman–Crippen LogP) is 1.45. The largest absolute Gasteiger partial charge is 0.433 e. The summed E-state index contributed by atoms with van der Waals surface area (Å²) in [4.78, 5) is 23.0. The number of carbonyl (C=O) groups is 1. The molecular weight excluding hydrogens is 325 g/mol. The van der Waals surface area contributed by atoms with Crippen molar-refractivity contribution in [3.05, 3.63) is 18.0 Å². The predicted molar refractivity (Wildman–Crippen MR) is 79.2 cm³/mol. The minimum atomic E-state index is -4.56. The third-order valence-corrected chi connectivity index (χ3v) is 4.48. The molecule has 1 aromatic rings. The van der Waals surface area contributed by atoms with Gasteiger partial charge in [-0.3, -0.25) is 4.79 Å². The fraction of sp³-hybridized carbons (Fsp3) is 0.667. The molecule has 3 rings (SSSR count). The van der Waals surface area contributed by atoms with Gasteiger partial charge in [0.1, 0.15) is 5.69 Å². The van der Waals surface area contributed by atoms with Crippen LogP contribution in [0.5, 0.6) is 0 Å². The van der Waals surface area contributed by atoms with Crippen LogP contribution in [0.2, 0.25) is 0 Å². The number of halogens is 3. The summed E-state index contributed by atoms with van der Waals surface area (Å²) < 4.78 is 38.4. The molecule has 0 radical (unpaired) electrons. The van der Waals surface area contributed by atoms with Crippen LogP contribution in [-0.4, -0.2) is 57.7 Å². The van der Waals surface area contributed by atoms with Crippen molar-refractivity contribution in [2.24, 2.45) is 0 Å². The molecule has 1 aromatic heterocycles. The first-order chi connectivity index (χ1) is 11.3. The second-order valence-corrected chi connectivity index (χ2v) is 6.30. The molecule has 0 spiro atoms. The Morgan fingerprint density at radius 3 is 2.58 bits per heavy atom. The number of piperidine rings is 1. The van der Waals surface area contributed by atoms with E-state index in [1.165, 1.54) is 4.90 Å². The Balaban J connectivity index is 1.79. The van der Waals surface area contributed by atoms with Gasteiger partial charge in [0.05, 0.1) is 6.54 Å². The number of β-amino-alcohol motifs (C(OH)–C–C–N with tert-alkyl or cyclic N) is 1. The molecule has 2 saturated heterocycles. The second kappa shape index (κ2) is 6.19. The zero-order chi connectivity index (χ0) is 17.4. The molecular formula is C15H19F3N4O2. The molecule has 132 valence electrons. The van der Waals surface area contributed by atoms with Gasteiger partial charge in [0, 0.05) is 25.8 Å². The molecule has 2 aliphatic rings. The summed E-state index contributed by atoms with van der Waals surface area (Å²) in [5.41, 5.74) is -2.63. The maximum atomic E-state index is 12.8. The molecule has 9 heteroatoms. The van der Waals surface area contributed by atoms with Gasteiger partial charge in [-0.15, -0.1) is 0 Å². The summed E-state index contributed by atoms with van der Waals surface area (Å²) in [6, 6.07) is 0.801. The van der Waals surface area contributed by atoms with Gasteiger partial charge in [0.15, 0.2) is 5.60 Å². The van der Waals surface area contributed by atoms with Crippen molar-refractivity contribution in [2.75, 3.05) is 31.1 Å². The molecule has 1 amide bonds. The van der Waals surface area contributed by atoms with Crippen LogP contribution in [0.1, 0.15) is 31.4 Å². The lowest BCUT2D eigenvalue weighted by Gasteiger charge is -2.39. The maximum Gasteiger partial charge on any atom is 0.433 e. The third kappa shape index (κ3) is 3.31. The van der Waals surface area contributed by atoms with E-state index in [0.29, 0.717) is 26.1 Å². The molecule has 2 aliphatic heterocycles. The van der Waals surface area contributed by atoms with Crippen LogP contribution in [-0.2, 0) is 11.0 Å². The number of anilines is 1. The Hall–Kier alpha value is -1.90. The number of hydrogen-bond donors (Lipinski definition) is 1. The first-order valence-corrected chi connectivity index (χ1v) is 7.96. The Labute approximate surface area is 137 Å². The van der Waals surface area contributed by atoms with Gasteiger partial charge in [-0.25, -0.2) is 9.97 Å². The van der Waals surface area contributed by atoms with Crippen molar-refractivity contribution < 1.29 is 23.1 Å². The highest BCUT2D eigenvalue weighted by atomic mass is 19.4. The van der Waals surface area contributed by atoms with E-state index in [0.717, 1.165) is 25.1 Å². The molecule has 0 bridgehead atoms. The summed E-state index contributed by atoms with van der Waals surface area (Å²) in [5, 5.41) is 10.8. The van der Waals surface area contributed by atoms with E-state index < -0.39 is 17.5 Å². The minimum absolute atomic E-state index is 0.0936. The normalized spacial score (nSPS) is 25.2. The first-order valence-electron chi connectivity index (χ1n) is 7.96. The van der Waals surface area contributed by atoms with E-state index in [1.807, 2.05) is 0 Å². The highest BCUT2D eigenvalue weighted by Gasteiger charge is 2.44. The monoisotopic (exact) mass is 344 g/mol. The lowest BCUT2D eigenvalue weighted by atomic mass is 9.91. The molecule has 6 nitrogen and oxygen atoms in total. The van der Waals surface area contributed by atoms with Gasteiger partial charge >= 0.3 is 6.18 Å². The number of alkyl halides is 3. The molecule has 0 aromatic carbocycles. The number of carbonyl (C=O) groups excluding carboxylic acids is 1. The number of amides is 1. The number of hydrogen-bond acceptors (Lipinski definition) is 5. The highest BCUT2D eigenvalue weighted by Crippen LogP contribution is 2.30. The van der Waals surface area contributed by atoms with Crippen molar-refractivity contribution >= 4 is 11.9 Å². The van der Waals surface area contributed by atoms with Gasteiger partial charge in [-0.05, 0) is 31.7 Å². The fourth-order valence-electron chi connectivity index (χ4n) is 3.25. The van der Waals surface area contributed by atoms with Gasteiger partial charge in [0.25, 0.3) is 5.91 Å². The van der Waals surface area contributed by atoms with E-state index in [1.54, 1.807) is 4.90 Å². The molecule has 0 saturated carbocycles. The smallest absolute Gasteiger partial charge is 0.378 e. The molecule has 24 heavy (non-hydrogen) atoms. The van der Waals surface area contributed by atoms with Crippen LogP contribution in [0.25, 0.3) is 0 Å². The molecule has 1 N–H and O–H groups in total. The summed E-state index contributed by atoms with van der Waals surface area (Å²) >= 11 is 0. The van der Waals surface area contributed by atoms with Crippen molar-refractivity contribution in [1.82, 2.24) is 14.9 Å². The van der Waals surface area contributed by atoms with Gasteiger partial charge < -0.3 is 14.9 Å². The van der Waals surface area contributed by atoms with Crippen LogP contribution in [0, 0.1) is 0 Å². The minimum Gasteiger partial charge on any atom is -0.378 e. The topological polar surface area (TPSA) is 69.6 Å². The van der Waals surface area contributed by atoms with E-state index >= 15 is 0 Å². The summed E-state index contributed by atoms with van der Waals surface area (Å²) in [7, 11) is 0. The maximum absolute atomic E-state index is 12.8. The second-order valence-electron chi connectivity index (χ2n) is 6.30. The van der Waals surface area contributed by atoms with Crippen LogP contribution in [0.15, 0.2) is 12.3 Å². The van der Waals surface area contributed by atoms with E-state index in [4.69, 9.17) is 0 Å². The lowest BCUT2D eigenvalue weighted by molar-refractivity contribution is -0.151. The Bertz CT molecular complexity index is 619. The Kier molecular flexibility index (Phi) is 4.37. The lowest BCUT2D eigenvalue weighted by Crippen LogP contribution is -2.58. The third-order valence-electron chi connectivity index (χ3n) is 4.48. The zero-order valence-electron chi connectivity index (χ0n) is 13.1. The molecule has 2 fully saturated rings. The first kappa shape index (κ1) is 16.9. The fourth-order valence-corrected chi connectivity index (χ4v) is 3.25. The van der Waals surface area contributed by atoms with Crippen LogP contribution >= 0.6 is 0 Å². The number of rotatable bonds is 2. The van der Waals surface area contributed by atoms with Crippen molar-refractivity contribution in [2.45, 2.75) is 37.5 Å². The van der Waals surface area contributed by atoms with Crippen LogP contribution in [0.4, 0.5) is 19.1 Å². The highest BCUT2D eigenvalue weighted by molar-refractivity contribution is 5.86. The van der Waals surface area contributed by atoms with Crippen LogP contribution in [0.3, 0.4) is 0 Å². The SMILES string of the molecule is O=C(N1CCCC1)C1(O)CCCN(c2nccc(C(F)(F)F)n2)C1. The Morgan fingerprint density at radius 2 is 1.92 bits per heavy atom. The average molecular weight is 344 g/mol. The standard InChI is InChI=1S/C15H19F3N4O2/c16-15(17,18)11-4-6-19-13(20-11)22-9-3-5-14(24,10-22)12(23)21-7-1-2-8-21/h4,6,24H,1-3,5,7-10H2. The number of likely N-dealkylation sites (tertiary alicyclic amines) is 1. The number of aliphatic hydroxyl groups is 1. The molecule has 1 unspecified atom stereocenters. The molecule has 3 heterocycles.